The quantitative estimate of drug-likeness (QED) is 0.754. The number of carbonyl (C=O) groups excluding carboxylic acids is 1. The lowest BCUT2D eigenvalue weighted by Crippen LogP contribution is -2.42. The molecule has 5 heteroatoms. The lowest BCUT2D eigenvalue weighted by atomic mass is 10.1. The summed E-state index contributed by atoms with van der Waals surface area (Å²) in [6.07, 6.45) is 2.70. The first-order valence-corrected chi connectivity index (χ1v) is 5.64. The minimum Gasteiger partial charge on any atom is -0.391 e. The number of hydrogen-bond donors (Lipinski definition) is 1. The predicted molar refractivity (Wildman–Crippen MR) is 60.4 cm³/mol. The summed E-state index contributed by atoms with van der Waals surface area (Å²) in [7, 11) is 0. The summed E-state index contributed by atoms with van der Waals surface area (Å²) in [5, 5.41) is 9.72. The first kappa shape index (κ1) is 11.4. The van der Waals surface area contributed by atoms with Crippen LogP contribution in [-0.2, 0) is 0 Å². The van der Waals surface area contributed by atoms with E-state index in [1.165, 1.54) is 0 Å². The van der Waals surface area contributed by atoms with E-state index in [2.05, 4.69) is 4.98 Å². The third-order valence-corrected chi connectivity index (χ3v) is 2.97. The largest absolute Gasteiger partial charge is 0.391 e. The van der Waals surface area contributed by atoms with E-state index >= 15 is 0 Å². The summed E-state index contributed by atoms with van der Waals surface area (Å²) in [5.41, 5.74) is 0.401. The third-order valence-electron chi connectivity index (χ3n) is 2.67. The van der Waals surface area contributed by atoms with E-state index in [0.717, 1.165) is 12.8 Å². The number of likely N-dealkylation sites (tertiary alicyclic amines) is 1. The van der Waals surface area contributed by atoms with Crippen molar-refractivity contribution in [2.24, 2.45) is 0 Å². The van der Waals surface area contributed by atoms with E-state index in [9.17, 15) is 9.90 Å². The minimum absolute atomic E-state index is 0.156. The van der Waals surface area contributed by atoms with E-state index in [4.69, 9.17) is 11.6 Å². The van der Waals surface area contributed by atoms with Gasteiger partial charge >= 0.3 is 0 Å². The Morgan fingerprint density at radius 1 is 1.62 bits per heavy atom. The number of halogens is 1. The molecule has 2 heterocycles. The molecule has 0 radical (unpaired) electrons. The molecule has 86 valence electrons. The summed E-state index contributed by atoms with van der Waals surface area (Å²) in [6, 6.07) is 3.33. The lowest BCUT2D eigenvalue weighted by Gasteiger charge is -2.30. The van der Waals surface area contributed by atoms with Gasteiger partial charge in [-0.15, -0.1) is 0 Å². The van der Waals surface area contributed by atoms with E-state index in [0.29, 0.717) is 18.7 Å². The van der Waals surface area contributed by atoms with Crippen LogP contribution in [0.1, 0.15) is 23.2 Å². The lowest BCUT2D eigenvalue weighted by molar-refractivity contribution is 0.0473. The molecule has 1 atom stereocenters. The maximum atomic E-state index is 12.1. The van der Waals surface area contributed by atoms with Crippen LogP contribution in [0.5, 0.6) is 0 Å². The minimum atomic E-state index is -0.423. The van der Waals surface area contributed by atoms with Gasteiger partial charge in [0.05, 0.1) is 11.7 Å². The monoisotopic (exact) mass is 240 g/mol. The molecule has 0 aliphatic carbocycles. The molecule has 1 amide bonds. The zero-order valence-corrected chi connectivity index (χ0v) is 9.52. The fraction of sp³-hybridized carbons (Fsp3) is 0.455. The highest BCUT2D eigenvalue weighted by Gasteiger charge is 2.24. The standard InChI is InChI=1S/C11H13ClN2O2/c12-10-9(4-1-5-13-10)11(16)14-6-2-3-8(15)7-14/h1,4-5,8,15H,2-3,6-7H2/t8-/m0/s1. The van der Waals surface area contributed by atoms with Gasteiger partial charge in [-0.05, 0) is 25.0 Å². The second kappa shape index (κ2) is 4.80. The molecule has 0 bridgehead atoms. The molecule has 4 nitrogen and oxygen atoms in total. The maximum Gasteiger partial charge on any atom is 0.257 e. The topological polar surface area (TPSA) is 53.4 Å². The highest BCUT2D eigenvalue weighted by Crippen LogP contribution is 2.17. The number of piperidine rings is 1. The Balaban J connectivity index is 2.16. The van der Waals surface area contributed by atoms with Crippen LogP contribution in [-0.4, -0.2) is 40.1 Å². The zero-order chi connectivity index (χ0) is 11.5. The average molecular weight is 241 g/mol. The summed E-state index contributed by atoms with van der Waals surface area (Å²) in [6.45, 7) is 1.05. The van der Waals surface area contributed by atoms with Crippen LogP contribution in [0.4, 0.5) is 0 Å². The van der Waals surface area contributed by atoms with Crippen molar-refractivity contribution in [1.82, 2.24) is 9.88 Å². The molecule has 1 fully saturated rings. The van der Waals surface area contributed by atoms with Crippen LogP contribution in [0.3, 0.4) is 0 Å². The first-order chi connectivity index (χ1) is 7.68. The van der Waals surface area contributed by atoms with Crippen molar-refractivity contribution < 1.29 is 9.90 Å². The number of β-amino-alcohol motifs (C(OH)–C–C–N with tert-alkyl or cyclic N) is 1. The molecule has 0 spiro atoms. The molecular weight excluding hydrogens is 228 g/mol. The fourth-order valence-corrected chi connectivity index (χ4v) is 2.06. The van der Waals surface area contributed by atoms with E-state index in [1.54, 1.807) is 23.2 Å². The van der Waals surface area contributed by atoms with Gasteiger partial charge in [-0.1, -0.05) is 11.6 Å². The number of aliphatic hydroxyl groups excluding tert-OH is 1. The molecule has 2 rings (SSSR count). The molecule has 1 aliphatic heterocycles. The van der Waals surface area contributed by atoms with Crippen molar-refractivity contribution in [3.63, 3.8) is 0 Å². The highest BCUT2D eigenvalue weighted by atomic mass is 35.5. The van der Waals surface area contributed by atoms with Crippen molar-refractivity contribution in [3.8, 4) is 0 Å². The number of rotatable bonds is 1. The van der Waals surface area contributed by atoms with Gasteiger partial charge in [0.1, 0.15) is 5.15 Å². The Morgan fingerprint density at radius 2 is 2.44 bits per heavy atom. The first-order valence-electron chi connectivity index (χ1n) is 5.26. The van der Waals surface area contributed by atoms with Crippen LogP contribution in [0.25, 0.3) is 0 Å². The molecule has 1 saturated heterocycles. The van der Waals surface area contributed by atoms with Crippen molar-refractivity contribution >= 4 is 17.5 Å². The van der Waals surface area contributed by atoms with Crippen molar-refractivity contribution in [3.05, 3.63) is 29.0 Å². The Morgan fingerprint density at radius 3 is 3.12 bits per heavy atom. The van der Waals surface area contributed by atoms with Gasteiger partial charge in [0.2, 0.25) is 0 Å². The number of carbonyl (C=O) groups is 1. The summed E-state index contributed by atoms with van der Waals surface area (Å²) < 4.78 is 0. The van der Waals surface area contributed by atoms with Crippen molar-refractivity contribution in [2.75, 3.05) is 13.1 Å². The Hall–Kier alpha value is -1.13. The van der Waals surface area contributed by atoms with Gasteiger partial charge in [0.25, 0.3) is 5.91 Å². The van der Waals surface area contributed by atoms with Gasteiger partial charge in [0.15, 0.2) is 0 Å². The van der Waals surface area contributed by atoms with Gasteiger partial charge in [-0.2, -0.15) is 0 Å². The smallest absolute Gasteiger partial charge is 0.257 e. The molecule has 0 saturated carbocycles. The van der Waals surface area contributed by atoms with E-state index in [-0.39, 0.29) is 11.1 Å². The van der Waals surface area contributed by atoms with Crippen LogP contribution in [0, 0.1) is 0 Å². The predicted octanol–water partition coefficient (Wildman–Crippen LogP) is 1.33. The van der Waals surface area contributed by atoms with Gasteiger partial charge in [-0.25, -0.2) is 4.98 Å². The number of hydrogen-bond acceptors (Lipinski definition) is 3. The molecule has 1 aromatic heterocycles. The SMILES string of the molecule is O=C(c1cccnc1Cl)N1CCC[C@H](O)C1. The Kier molecular flexibility index (Phi) is 3.41. The zero-order valence-electron chi connectivity index (χ0n) is 8.77. The van der Waals surface area contributed by atoms with E-state index in [1.807, 2.05) is 0 Å². The Labute approximate surface area is 98.9 Å². The number of nitrogens with zero attached hydrogens (tertiary/aromatic N) is 2. The maximum absolute atomic E-state index is 12.1. The third kappa shape index (κ3) is 2.33. The second-order valence-corrected chi connectivity index (χ2v) is 4.25. The summed E-state index contributed by atoms with van der Waals surface area (Å²) in [4.78, 5) is 17.5. The molecule has 1 N–H and O–H groups in total. The van der Waals surface area contributed by atoms with Crippen LogP contribution in [0.15, 0.2) is 18.3 Å². The van der Waals surface area contributed by atoms with Gasteiger partial charge in [-0.3, -0.25) is 4.79 Å². The number of aromatic nitrogens is 1. The normalized spacial score (nSPS) is 20.9. The van der Waals surface area contributed by atoms with Gasteiger partial charge < -0.3 is 10.0 Å². The van der Waals surface area contributed by atoms with Gasteiger partial charge in [0, 0.05) is 19.3 Å². The highest BCUT2D eigenvalue weighted by molar-refractivity contribution is 6.32. The fourth-order valence-electron chi connectivity index (χ4n) is 1.86. The molecule has 0 aromatic carbocycles. The van der Waals surface area contributed by atoms with Crippen LogP contribution < -0.4 is 0 Å². The number of pyridine rings is 1. The average Bonchev–Trinajstić information content (AvgIpc) is 2.29. The summed E-state index contributed by atoms with van der Waals surface area (Å²) >= 11 is 5.85. The molecule has 16 heavy (non-hydrogen) atoms. The molecule has 1 aliphatic rings. The van der Waals surface area contributed by atoms with Crippen LogP contribution >= 0.6 is 11.6 Å². The number of amides is 1. The van der Waals surface area contributed by atoms with Crippen molar-refractivity contribution in [1.29, 1.82) is 0 Å². The molecular formula is C11H13ClN2O2. The van der Waals surface area contributed by atoms with Crippen molar-refractivity contribution in [2.45, 2.75) is 18.9 Å². The molecule has 1 aromatic rings. The van der Waals surface area contributed by atoms with Crippen LogP contribution in [0.2, 0.25) is 5.15 Å². The molecule has 0 unspecified atom stereocenters. The second-order valence-electron chi connectivity index (χ2n) is 3.89. The number of aliphatic hydroxyl groups is 1. The van der Waals surface area contributed by atoms with E-state index < -0.39 is 6.10 Å². The Bertz CT molecular complexity index is 397. The summed E-state index contributed by atoms with van der Waals surface area (Å²) in [5.74, 6) is -0.156.